The number of hydrogen-bond acceptors (Lipinski definition) is 5. The van der Waals surface area contributed by atoms with E-state index in [0.717, 1.165) is 25.6 Å². The maximum Gasteiger partial charge on any atom is 0.329 e. The van der Waals surface area contributed by atoms with Gasteiger partial charge in [0.2, 0.25) is 5.91 Å². The van der Waals surface area contributed by atoms with Crippen molar-refractivity contribution in [2.24, 2.45) is 11.8 Å². The highest BCUT2D eigenvalue weighted by Gasteiger charge is 2.45. The number of amides is 4. The lowest BCUT2D eigenvalue weighted by atomic mass is 9.73. The molecule has 5 rings (SSSR count). The smallest absolute Gasteiger partial charge is 0.329 e. The molecule has 1 aromatic rings. The Morgan fingerprint density at radius 3 is 2.67 bits per heavy atom. The molecule has 8 nitrogen and oxygen atoms in total. The van der Waals surface area contributed by atoms with Gasteiger partial charge in [-0.1, -0.05) is 6.42 Å². The van der Waals surface area contributed by atoms with E-state index in [4.69, 9.17) is 0 Å². The molecule has 4 heterocycles. The zero-order valence-corrected chi connectivity index (χ0v) is 17.1. The molecule has 4 saturated heterocycles. The van der Waals surface area contributed by atoms with Crippen molar-refractivity contribution in [3.63, 3.8) is 0 Å². The fourth-order valence-electron chi connectivity index (χ4n) is 5.79. The predicted molar refractivity (Wildman–Crippen MR) is 112 cm³/mol. The van der Waals surface area contributed by atoms with E-state index in [1.165, 1.54) is 30.6 Å². The van der Waals surface area contributed by atoms with Crippen molar-refractivity contribution in [1.29, 1.82) is 0 Å². The fraction of sp³-hybridized carbons (Fsp3) is 0.591. The first-order valence-corrected chi connectivity index (χ1v) is 11.1. The number of nitrogens with zero attached hydrogens (tertiary/aromatic N) is 2. The summed E-state index contributed by atoms with van der Waals surface area (Å²) in [6.07, 6.45) is 5.10. The molecule has 4 aliphatic rings. The van der Waals surface area contributed by atoms with Gasteiger partial charge in [-0.05, 0) is 75.0 Å². The Labute approximate surface area is 176 Å². The van der Waals surface area contributed by atoms with Gasteiger partial charge in [-0.25, -0.2) is 4.79 Å². The molecule has 0 saturated carbocycles. The second kappa shape index (κ2) is 8.00. The molecule has 0 aromatic heterocycles. The third-order valence-electron chi connectivity index (χ3n) is 7.23. The molecule has 3 N–H and O–H groups in total. The van der Waals surface area contributed by atoms with Gasteiger partial charge >= 0.3 is 6.03 Å². The number of fused-ring (bicyclic) bond motifs is 4. The van der Waals surface area contributed by atoms with Gasteiger partial charge in [0.25, 0.3) is 5.91 Å². The highest BCUT2D eigenvalue weighted by Crippen LogP contribution is 2.38. The summed E-state index contributed by atoms with van der Waals surface area (Å²) in [6.45, 7) is 3.98. The lowest BCUT2D eigenvalue weighted by Crippen LogP contribution is -2.65. The molecule has 30 heavy (non-hydrogen) atoms. The summed E-state index contributed by atoms with van der Waals surface area (Å²) in [5.41, 5.74) is 1.17. The van der Waals surface area contributed by atoms with Gasteiger partial charge in [-0.3, -0.25) is 24.7 Å². The molecular formula is C22H29N5O3. The van der Waals surface area contributed by atoms with Crippen molar-refractivity contribution in [3.05, 3.63) is 29.8 Å². The van der Waals surface area contributed by atoms with Gasteiger partial charge in [0.05, 0.1) is 0 Å². The molecule has 4 atom stereocenters. The second-order valence-electron chi connectivity index (χ2n) is 8.98. The monoisotopic (exact) mass is 411 g/mol. The minimum atomic E-state index is -0.426. The zero-order chi connectivity index (χ0) is 20.7. The highest BCUT2D eigenvalue weighted by molar-refractivity contribution is 6.12. The first-order chi connectivity index (χ1) is 14.6. The van der Waals surface area contributed by atoms with Crippen molar-refractivity contribution in [2.45, 2.75) is 37.8 Å². The largest absolute Gasteiger partial charge is 0.350 e. The van der Waals surface area contributed by atoms with E-state index in [2.05, 4.69) is 20.9 Å². The Morgan fingerprint density at radius 2 is 1.90 bits per heavy atom. The average molecular weight is 412 g/mol. The molecular weight excluding hydrogens is 382 g/mol. The third-order valence-corrected chi connectivity index (χ3v) is 7.23. The van der Waals surface area contributed by atoms with Crippen LogP contribution < -0.4 is 20.9 Å². The van der Waals surface area contributed by atoms with Crippen LogP contribution in [0.4, 0.5) is 10.5 Å². The summed E-state index contributed by atoms with van der Waals surface area (Å²) in [6, 6.07) is 7.46. The van der Waals surface area contributed by atoms with Gasteiger partial charge in [-0.15, -0.1) is 0 Å². The van der Waals surface area contributed by atoms with Crippen LogP contribution in [0.5, 0.6) is 0 Å². The number of benzene rings is 1. The normalized spacial score (nSPS) is 31.3. The number of rotatable bonds is 4. The van der Waals surface area contributed by atoms with Crippen molar-refractivity contribution >= 4 is 23.5 Å². The molecule has 4 amide bonds. The standard InChI is InChI=1S/C22H29N5O3/c28-20-13-27(22(30)25-20)17-6-4-14(5-7-17)21(29)24-12-19-16-9-15(10-23-11-16)18-3-1-2-8-26(18)19/h4-7,15-16,18-19,23H,1-3,8-13H2,(H,24,29)(H,25,28,30)/t15-,16+,18+,19+/m1/s1. The van der Waals surface area contributed by atoms with Crippen LogP contribution in [0.25, 0.3) is 0 Å². The zero-order valence-electron chi connectivity index (χ0n) is 17.1. The van der Waals surface area contributed by atoms with Gasteiger partial charge in [-0.2, -0.15) is 0 Å². The van der Waals surface area contributed by atoms with Crippen LogP contribution in [-0.2, 0) is 4.79 Å². The van der Waals surface area contributed by atoms with Crippen LogP contribution >= 0.6 is 0 Å². The number of hydrogen-bond donors (Lipinski definition) is 3. The Bertz CT molecular complexity index is 842. The minimum absolute atomic E-state index is 0.0134. The van der Waals surface area contributed by atoms with Crippen LogP contribution in [0.15, 0.2) is 24.3 Å². The fourth-order valence-corrected chi connectivity index (χ4v) is 5.79. The quantitative estimate of drug-likeness (QED) is 0.641. The molecule has 4 fully saturated rings. The summed E-state index contributed by atoms with van der Waals surface area (Å²) < 4.78 is 0. The van der Waals surface area contributed by atoms with Gasteiger partial charge in [0, 0.05) is 29.9 Å². The van der Waals surface area contributed by atoms with Crippen molar-refractivity contribution in [3.8, 4) is 0 Å². The van der Waals surface area contributed by atoms with Gasteiger partial charge in [0.15, 0.2) is 0 Å². The summed E-state index contributed by atoms with van der Waals surface area (Å²) in [5.74, 6) is 0.929. The summed E-state index contributed by atoms with van der Waals surface area (Å²) in [7, 11) is 0. The Hall–Kier alpha value is -2.45. The number of piperidine rings is 3. The Balaban J connectivity index is 1.23. The summed E-state index contributed by atoms with van der Waals surface area (Å²) in [5, 5.41) is 9.02. The van der Waals surface area contributed by atoms with E-state index < -0.39 is 6.03 Å². The number of urea groups is 1. The second-order valence-corrected chi connectivity index (χ2v) is 8.98. The Morgan fingerprint density at radius 1 is 1.10 bits per heavy atom. The Kier molecular flexibility index (Phi) is 5.20. The predicted octanol–water partition coefficient (Wildman–Crippen LogP) is 0.935. The topological polar surface area (TPSA) is 93.8 Å². The first kappa shape index (κ1) is 19.5. The lowest BCUT2D eigenvalue weighted by molar-refractivity contribution is -0.117. The number of anilines is 1. The molecule has 2 bridgehead atoms. The molecule has 0 unspecified atom stereocenters. The SMILES string of the molecule is O=C1CN(c2ccc(C(=O)NC[C@H]3[C@@H]4CNC[C@@H](C4)[C@@H]4CCCCN43)cc2)C(=O)N1. The van der Waals surface area contributed by atoms with E-state index in [1.807, 2.05) is 0 Å². The summed E-state index contributed by atoms with van der Waals surface area (Å²) in [4.78, 5) is 40.0. The first-order valence-electron chi connectivity index (χ1n) is 11.1. The molecule has 160 valence electrons. The highest BCUT2D eigenvalue weighted by atomic mass is 16.2. The van der Waals surface area contributed by atoms with E-state index >= 15 is 0 Å². The van der Waals surface area contributed by atoms with E-state index in [9.17, 15) is 14.4 Å². The van der Waals surface area contributed by atoms with Crippen LogP contribution in [-0.4, -0.2) is 67.6 Å². The molecule has 8 heteroatoms. The molecule has 0 aliphatic carbocycles. The number of nitrogens with one attached hydrogen (secondary N) is 3. The van der Waals surface area contributed by atoms with Crippen LogP contribution in [0, 0.1) is 11.8 Å². The third kappa shape index (κ3) is 3.58. The van der Waals surface area contributed by atoms with Crippen molar-refractivity contribution in [2.75, 3.05) is 37.6 Å². The number of imide groups is 1. The molecule has 0 spiro atoms. The van der Waals surface area contributed by atoms with Gasteiger partial charge in [0.1, 0.15) is 6.54 Å². The van der Waals surface area contributed by atoms with Gasteiger partial charge < -0.3 is 10.6 Å². The molecule has 1 aromatic carbocycles. The van der Waals surface area contributed by atoms with E-state index in [1.54, 1.807) is 24.3 Å². The average Bonchev–Trinajstić information content (AvgIpc) is 3.12. The minimum Gasteiger partial charge on any atom is -0.350 e. The van der Waals surface area contributed by atoms with Crippen LogP contribution in [0.3, 0.4) is 0 Å². The number of carbonyl (C=O) groups excluding carboxylic acids is 3. The van der Waals surface area contributed by atoms with Crippen molar-refractivity contribution in [1.82, 2.24) is 20.9 Å². The van der Waals surface area contributed by atoms with E-state index in [-0.39, 0.29) is 18.4 Å². The maximum atomic E-state index is 12.8. The number of carbonyl (C=O) groups is 3. The van der Waals surface area contributed by atoms with Crippen LogP contribution in [0.2, 0.25) is 0 Å². The molecule has 0 radical (unpaired) electrons. The van der Waals surface area contributed by atoms with Crippen molar-refractivity contribution < 1.29 is 14.4 Å². The lowest BCUT2D eigenvalue weighted by Gasteiger charge is -2.55. The summed E-state index contributed by atoms with van der Waals surface area (Å²) >= 11 is 0. The molecule has 4 aliphatic heterocycles. The van der Waals surface area contributed by atoms with E-state index in [0.29, 0.717) is 35.8 Å². The maximum absolute atomic E-state index is 12.8. The van der Waals surface area contributed by atoms with Crippen LogP contribution in [0.1, 0.15) is 36.0 Å².